The number of nitrogen functional groups attached to an aromatic ring is 1. The van der Waals surface area contributed by atoms with E-state index in [2.05, 4.69) is 0 Å². The average Bonchev–Trinajstić information content (AvgIpc) is 2.45. The van der Waals surface area contributed by atoms with Crippen LogP contribution in [0.3, 0.4) is 0 Å². The number of hydrogen-bond donors (Lipinski definition) is 2. The normalized spacial score (nSPS) is 10.3. The number of benzene rings is 2. The lowest BCUT2D eigenvalue weighted by Crippen LogP contribution is -2.24. The first kappa shape index (κ1) is 14.1. The summed E-state index contributed by atoms with van der Waals surface area (Å²) in [6, 6.07) is 14.1. The topological polar surface area (TPSA) is 53.1 Å². The van der Waals surface area contributed by atoms with E-state index >= 15 is 0 Å². The fraction of sp³-hybridized carbons (Fsp3) is 0.188. The van der Waals surface area contributed by atoms with Crippen molar-refractivity contribution in [3.63, 3.8) is 0 Å². The van der Waals surface area contributed by atoms with Crippen LogP contribution >= 0.6 is 0 Å². The zero-order valence-electron chi connectivity index (χ0n) is 11.4. The lowest BCUT2D eigenvalue weighted by molar-refractivity contribution is 0.626. The average molecular weight is 271 g/mol. The maximum absolute atomic E-state index is 13.3. The molecule has 0 aliphatic carbocycles. The number of nitrogens with zero attached hydrogens (tertiary/aromatic N) is 1. The van der Waals surface area contributed by atoms with Crippen molar-refractivity contribution in [3.05, 3.63) is 65.5 Å². The minimum atomic E-state index is -0.249. The molecule has 0 amide bonds. The van der Waals surface area contributed by atoms with Gasteiger partial charge in [-0.25, -0.2) is 4.39 Å². The Balaban J connectivity index is 2.29. The highest BCUT2D eigenvalue weighted by atomic mass is 19.1. The molecule has 3 N–H and O–H groups in total. The zero-order chi connectivity index (χ0) is 14.5. The Kier molecular flexibility index (Phi) is 4.35. The van der Waals surface area contributed by atoms with E-state index in [1.807, 2.05) is 42.2 Å². The Morgan fingerprint density at radius 2 is 1.95 bits per heavy atom. The highest BCUT2D eigenvalue weighted by Gasteiger charge is 2.10. The molecule has 4 heteroatoms. The molecule has 0 bridgehead atoms. The van der Waals surface area contributed by atoms with E-state index in [1.54, 1.807) is 6.07 Å². The monoisotopic (exact) mass is 271 g/mol. The van der Waals surface area contributed by atoms with E-state index in [4.69, 9.17) is 11.1 Å². The number of hydrogen-bond acceptors (Lipinski definition) is 2. The van der Waals surface area contributed by atoms with Gasteiger partial charge in [0.2, 0.25) is 0 Å². The Labute approximate surface area is 118 Å². The molecule has 0 aromatic heterocycles. The lowest BCUT2D eigenvalue weighted by Gasteiger charge is -2.24. The Morgan fingerprint density at radius 3 is 2.60 bits per heavy atom. The SMILES string of the molecule is CCN(Cc1ccccc1C(=N)N)c1cccc(F)c1. The largest absolute Gasteiger partial charge is 0.384 e. The van der Waals surface area contributed by atoms with Gasteiger partial charge in [0.05, 0.1) is 0 Å². The third kappa shape index (κ3) is 3.15. The van der Waals surface area contributed by atoms with E-state index in [9.17, 15) is 4.39 Å². The van der Waals surface area contributed by atoms with Crippen LogP contribution < -0.4 is 10.6 Å². The summed E-state index contributed by atoms with van der Waals surface area (Å²) in [4.78, 5) is 2.05. The van der Waals surface area contributed by atoms with E-state index in [-0.39, 0.29) is 11.7 Å². The molecule has 0 atom stereocenters. The molecule has 0 saturated carbocycles. The highest BCUT2D eigenvalue weighted by molar-refractivity contribution is 5.96. The molecule has 2 aromatic carbocycles. The van der Waals surface area contributed by atoms with Gasteiger partial charge in [0, 0.05) is 24.3 Å². The molecule has 20 heavy (non-hydrogen) atoms. The Bertz CT molecular complexity index is 610. The summed E-state index contributed by atoms with van der Waals surface area (Å²) >= 11 is 0. The predicted molar refractivity (Wildman–Crippen MR) is 80.6 cm³/mol. The van der Waals surface area contributed by atoms with Crippen LogP contribution in [0, 0.1) is 11.2 Å². The number of anilines is 1. The van der Waals surface area contributed by atoms with Crippen molar-refractivity contribution >= 4 is 11.5 Å². The summed E-state index contributed by atoms with van der Waals surface area (Å²) in [5, 5.41) is 7.62. The zero-order valence-corrected chi connectivity index (χ0v) is 11.4. The van der Waals surface area contributed by atoms with E-state index in [0.717, 1.165) is 23.4 Å². The molecule has 0 fully saturated rings. The Hall–Kier alpha value is -2.36. The first-order valence-corrected chi connectivity index (χ1v) is 6.54. The summed E-state index contributed by atoms with van der Waals surface area (Å²) in [5.74, 6) is -0.198. The molecule has 104 valence electrons. The summed E-state index contributed by atoms with van der Waals surface area (Å²) in [6.45, 7) is 3.35. The van der Waals surface area contributed by atoms with Crippen LogP contribution in [0.2, 0.25) is 0 Å². The predicted octanol–water partition coefficient (Wildman–Crippen LogP) is 3.14. The van der Waals surface area contributed by atoms with Gasteiger partial charge in [-0.05, 0) is 30.7 Å². The van der Waals surface area contributed by atoms with Gasteiger partial charge in [0.25, 0.3) is 0 Å². The summed E-state index contributed by atoms with van der Waals surface area (Å²) in [5.41, 5.74) is 8.11. The first-order valence-electron chi connectivity index (χ1n) is 6.54. The number of amidine groups is 1. The smallest absolute Gasteiger partial charge is 0.125 e. The van der Waals surface area contributed by atoms with Crippen molar-refractivity contribution in [3.8, 4) is 0 Å². The fourth-order valence-electron chi connectivity index (χ4n) is 2.19. The van der Waals surface area contributed by atoms with Crippen LogP contribution in [-0.4, -0.2) is 12.4 Å². The Morgan fingerprint density at radius 1 is 1.20 bits per heavy atom. The highest BCUT2D eigenvalue weighted by Crippen LogP contribution is 2.19. The molecule has 0 unspecified atom stereocenters. The van der Waals surface area contributed by atoms with Crippen molar-refractivity contribution in [2.75, 3.05) is 11.4 Å². The second-order valence-electron chi connectivity index (χ2n) is 4.56. The fourth-order valence-corrected chi connectivity index (χ4v) is 2.19. The maximum Gasteiger partial charge on any atom is 0.125 e. The van der Waals surface area contributed by atoms with Crippen molar-refractivity contribution in [1.29, 1.82) is 5.41 Å². The van der Waals surface area contributed by atoms with Crippen molar-refractivity contribution < 1.29 is 4.39 Å². The number of rotatable bonds is 5. The van der Waals surface area contributed by atoms with Crippen molar-refractivity contribution in [1.82, 2.24) is 0 Å². The second-order valence-corrected chi connectivity index (χ2v) is 4.56. The molecule has 0 aliphatic rings. The van der Waals surface area contributed by atoms with Crippen molar-refractivity contribution in [2.24, 2.45) is 5.73 Å². The first-order chi connectivity index (χ1) is 9.61. The van der Waals surface area contributed by atoms with Crippen molar-refractivity contribution in [2.45, 2.75) is 13.5 Å². The molecule has 0 radical (unpaired) electrons. The van der Waals surface area contributed by atoms with Gasteiger partial charge in [-0.1, -0.05) is 30.3 Å². The molecule has 2 rings (SSSR count). The standard InChI is InChI=1S/C16H18FN3/c1-2-20(14-8-5-7-13(17)10-14)11-12-6-3-4-9-15(12)16(18)19/h3-10H,2,11H2,1H3,(H3,18,19). The van der Waals surface area contributed by atoms with Gasteiger partial charge in [-0.2, -0.15) is 0 Å². The van der Waals surface area contributed by atoms with E-state index in [0.29, 0.717) is 6.54 Å². The molecular weight excluding hydrogens is 253 g/mol. The van der Waals surface area contributed by atoms with Gasteiger partial charge in [0.15, 0.2) is 0 Å². The third-order valence-electron chi connectivity index (χ3n) is 3.22. The minimum Gasteiger partial charge on any atom is -0.384 e. The van der Waals surface area contributed by atoms with Gasteiger partial charge in [-0.3, -0.25) is 5.41 Å². The quantitative estimate of drug-likeness (QED) is 0.648. The molecule has 0 heterocycles. The van der Waals surface area contributed by atoms with E-state index in [1.165, 1.54) is 12.1 Å². The third-order valence-corrected chi connectivity index (χ3v) is 3.22. The van der Waals surface area contributed by atoms with Crippen LogP contribution in [0.15, 0.2) is 48.5 Å². The number of nitrogens with one attached hydrogen (secondary N) is 1. The molecule has 3 nitrogen and oxygen atoms in total. The van der Waals surface area contributed by atoms with Crippen LogP contribution in [0.4, 0.5) is 10.1 Å². The van der Waals surface area contributed by atoms with Gasteiger partial charge < -0.3 is 10.6 Å². The van der Waals surface area contributed by atoms with Crippen LogP contribution in [0.25, 0.3) is 0 Å². The second kappa shape index (κ2) is 6.19. The van der Waals surface area contributed by atoms with Crippen LogP contribution in [0.1, 0.15) is 18.1 Å². The van der Waals surface area contributed by atoms with Crippen LogP contribution in [-0.2, 0) is 6.54 Å². The van der Waals surface area contributed by atoms with Crippen LogP contribution in [0.5, 0.6) is 0 Å². The molecule has 2 aromatic rings. The molecular formula is C16H18FN3. The molecule has 0 aliphatic heterocycles. The summed E-state index contributed by atoms with van der Waals surface area (Å²) in [6.07, 6.45) is 0. The van der Waals surface area contributed by atoms with Gasteiger partial charge >= 0.3 is 0 Å². The maximum atomic E-state index is 13.3. The minimum absolute atomic E-state index is 0.0518. The molecule has 0 saturated heterocycles. The lowest BCUT2D eigenvalue weighted by atomic mass is 10.1. The van der Waals surface area contributed by atoms with Gasteiger partial charge in [0.1, 0.15) is 11.7 Å². The number of halogens is 1. The number of nitrogens with two attached hydrogens (primary N) is 1. The summed E-state index contributed by atoms with van der Waals surface area (Å²) < 4.78 is 13.3. The van der Waals surface area contributed by atoms with Gasteiger partial charge in [-0.15, -0.1) is 0 Å². The summed E-state index contributed by atoms with van der Waals surface area (Å²) in [7, 11) is 0. The van der Waals surface area contributed by atoms with E-state index < -0.39 is 0 Å². The molecule has 0 spiro atoms.